The molecule has 1 nitrogen and oxygen atoms in total. The van der Waals surface area contributed by atoms with E-state index in [1.807, 2.05) is 0 Å². The van der Waals surface area contributed by atoms with Crippen molar-refractivity contribution in [2.45, 2.75) is 64.3 Å². The average molecular weight is 350 g/mol. The third-order valence-electron chi connectivity index (χ3n) is 5.96. The number of nitrogens with zero attached hydrogens (tertiary/aromatic N) is 1. The van der Waals surface area contributed by atoms with Crippen LogP contribution in [0.3, 0.4) is 0 Å². The van der Waals surface area contributed by atoms with E-state index >= 15 is 0 Å². The van der Waals surface area contributed by atoms with Gasteiger partial charge in [-0.1, -0.05) is 106 Å². The summed E-state index contributed by atoms with van der Waals surface area (Å²) < 4.78 is 0. The number of unbranched alkanes of at least 4 members (excludes halogenated alkanes) is 4. The topological polar surface area (TPSA) is 3.24 Å². The maximum atomic E-state index is 2.71. The van der Waals surface area contributed by atoms with Crippen molar-refractivity contribution in [3.63, 3.8) is 0 Å². The van der Waals surface area contributed by atoms with E-state index in [9.17, 15) is 0 Å². The maximum Gasteiger partial charge on any atom is 0.0601 e. The molecule has 0 unspecified atom stereocenters. The van der Waals surface area contributed by atoms with Crippen molar-refractivity contribution in [3.05, 3.63) is 71.8 Å². The molecular weight excluding hydrogens is 314 g/mol. The minimum absolute atomic E-state index is 0.405. The Bertz CT molecular complexity index is 559. The molecule has 2 aromatic carbocycles. The highest BCUT2D eigenvalue weighted by atomic mass is 15.2. The summed E-state index contributed by atoms with van der Waals surface area (Å²) in [5.74, 6) is 0.945. The first-order chi connectivity index (χ1) is 12.9. The molecule has 1 heteroatoms. The lowest BCUT2D eigenvalue weighted by Gasteiger charge is -2.38. The van der Waals surface area contributed by atoms with Gasteiger partial charge in [0.2, 0.25) is 0 Å². The summed E-state index contributed by atoms with van der Waals surface area (Å²) in [5.41, 5.74) is 2.86. The summed E-state index contributed by atoms with van der Waals surface area (Å²) in [4.78, 5) is 2.71. The van der Waals surface area contributed by atoms with Gasteiger partial charge in [0.15, 0.2) is 0 Å². The van der Waals surface area contributed by atoms with Gasteiger partial charge in [-0.05, 0) is 43.0 Å². The van der Waals surface area contributed by atoms with Crippen LogP contribution in [0.4, 0.5) is 0 Å². The lowest BCUT2D eigenvalue weighted by atomic mass is 9.88. The third kappa shape index (κ3) is 5.45. The van der Waals surface area contributed by atoms with Crippen LogP contribution >= 0.6 is 0 Å². The summed E-state index contributed by atoms with van der Waals surface area (Å²) in [6.45, 7) is 4.76. The quantitative estimate of drug-likeness (QED) is 0.447. The first-order valence-electron chi connectivity index (χ1n) is 10.7. The fourth-order valence-corrected chi connectivity index (χ4v) is 4.42. The fourth-order valence-electron chi connectivity index (χ4n) is 4.42. The van der Waals surface area contributed by atoms with E-state index in [4.69, 9.17) is 0 Å². The van der Waals surface area contributed by atoms with Gasteiger partial charge in [-0.3, -0.25) is 4.90 Å². The van der Waals surface area contributed by atoms with Crippen LogP contribution in [0.25, 0.3) is 0 Å². The van der Waals surface area contributed by atoms with Gasteiger partial charge in [0.1, 0.15) is 0 Å². The van der Waals surface area contributed by atoms with Crippen molar-refractivity contribution < 1.29 is 0 Å². The van der Waals surface area contributed by atoms with Crippen molar-refractivity contribution in [2.24, 2.45) is 5.92 Å². The zero-order valence-electron chi connectivity index (χ0n) is 16.4. The van der Waals surface area contributed by atoms with Gasteiger partial charge in [-0.15, -0.1) is 0 Å². The van der Waals surface area contributed by atoms with Crippen LogP contribution in [0.1, 0.15) is 75.5 Å². The van der Waals surface area contributed by atoms with Crippen molar-refractivity contribution in [2.75, 3.05) is 13.1 Å². The molecule has 0 spiro atoms. The Labute approximate surface area is 160 Å². The van der Waals surface area contributed by atoms with E-state index in [2.05, 4.69) is 72.5 Å². The molecule has 1 saturated heterocycles. The van der Waals surface area contributed by atoms with Crippen molar-refractivity contribution in [1.29, 1.82) is 0 Å². The summed E-state index contributed by atoms with van der Waals surface area (Å²) in [7, 11) is 0. The number of likely N-dealkylation sites (tertiary alicyclic amines) is 1. The number of hydrogen-bond acceptors (Lipinski definition) is 1. The van der Waals surface area contributed by atoms with Gasteiger partial charge in [-0.2, -0.15) is 0 Å². The second-order valence-corrected chi connectivity index (χ2v) is 7.91. The Morgan fingerprint density at radius 2 is 1.31 bits per heavy atom. The second-order valence-electron chi connectivity index (χ2n) is 7.91. The molecule has 0 bridgehead atoms. The zero-order chi connectivity index (χ0) is 18.0. The Morgan fingerprint density at radius 3 is 1.85 bits per heavy atom. The Hall–Kier alpha value is -1.60. The van der Waals surface area contributed by atoms with Gasteiger partial charge in [-0.25, -0.2) is 0 Å². The van der Waals surface area contributed by atoms with E-state index in [0.29, 0.717) is 6.04 Å². The molecule has 0 amide bonds. The predicted molar refractivity (Wildman–Crippen MR) is 112 cm³/mol. The van der Waals surface area contributed by atoms with Gasteiger partial charge in [0.25, 0.3) is 0 Å². The molecule has 26 heavy (non-hydrogen) atoms. The number of rotatable bonds is 9. The largest absolute Gasteiger partial charge is 0.292 e. The van der Waals surface area contributed by atoms with E-state index in [1.165, 1.54) is 75.6 Å². The van der Waals surface area contributed by atoms with Gasteiger partial charge >= 0.3 is 0 Å². The smallest absolute Gasteiger partial charge is 0.0601 e. The molecule has 3 rings (SSSR count). The van der Waals surface area contributed by atoms with Crippen molar-refractivity contribution in [3.8, 4) is 0 Å². The first kappa shape index (κ1) is 19.2. The van der Waals surface area contributed by atoms with Crippen LogP contribution in [0.15, 0.2) is 60.7 Å². The zero-order valence-corrected chi connectivity index (χ0v) is 16.4. The Morgan fingerprint density at radius 1 is 0.769 bits per heavy atom. The summed E-state index contributed by atoms with van der Waals surface area (Å²) in [6, 6.07) is 22.5. The molecule has 1 heterocycles. The molecule has 0 aliphatic carbocycles. The predicted octanol–water partition coefficient (Wildman–Crippen LogP) is 6.85. The average Bonchev–Trinajstić information content (AvgIpc) is 2.71. The Kier molecular flexibility index (Phi) is 7.76. The molecule has 1 aliphatic heterocycles. The van der Waals surface area contributed by atoms with Crippen molar-refractivity contribution >= 4 is 0 Å². The van der Waals surface area contributed by atoms with E-state index < -0.39 is 0 Å². The molecule has 2 aromatic rings. The highest BCUT2D eigenvalue weighted by Gasteiger charge is 2.26. The highest BCUT2D eigenvalue weighted by Crippen LogP contribution is 2.33. The SMILES string of the molecule is CCCCCCCC1CCN(C(c2ccccc2)c2ccccc2)CC1. The van der Waals surface area contributed by atoms with Crippen LogP contribution in [0.5, 0.6) is 0 Å². The van der Waals surface area contributed by atoms with Gasteiger partial charge in [0.05, 0.1) is 6.04 Å². The molecule has 0 N–H and O–H groups in total. The van der Waals surface area contributed by atoms with Crippen LogP contribution in [0.2, 0.25) is 0 Å². The lowest BCUT2D eigenvalue weighted by Crippen LogP contribution is -2.37. The number of piperidine rings is 1. The van der Waals surface area contributed by atoms with E-state index in [-0.39, 0.29) is 0 Å². The maximum absolute atomic E-state index is 2.71. The molecule has 1 aliphatic rings. The normalized spacial score (nSPS) is 16.2. The molecular formula is C25H35N. The van der Waals surface area contributed by atoms with E-state index in [0.717, 1.165) is 5.92 Å². The standard InChI is InChI=1S/C25H35N/c1-2-3-4-5-8-13-22-18-20-26(21-19-22)25(23-14-9-6-10-15-23)24-16-11-7-12-17-24/h6-7,9-12,14-17,22,25H,2-5,8,13,18-21H2,1H3. The summed E-state index contributed by atoms with van der Waals surface area (Å²) >= 11 is 0. The summed E-state index contributed by atoms with van der Waals surface area (Å²) in [6.07, 6.45) is 11.2. The van der Waals surface area contributed by atoms with E-state index in [1.54, 1.807) is 0 Å². The van der Waals surface area contributed by atoms with Crippen molar-refractivity contribution in [1.82, 2.24) is 4.90 Å². The fraction of sp³-hybridized carbons (Fsp3) is 0.520. The first-order valence-corrected chi connectivity index (χ1v) is 10.7. The van der Waals surface area contributed by atoms with Crippen LogP contribution in [0, 0.1) is 5.92 Å². The second kappa shape index (κ2) is 10.5. The van der Waals surface area contributed by atoms with Gasteiger partial charge < -0.3 is 0 Å². The third-order valence-corrected chi connectivity index (χ3v) is 5.96. The molecule has 0 atom stereocenters. The minimum Gasteiger partial charge on any atom is -0.292 e. The van der Waals surface area contributed by atoms with Crippen LogP contribution in [-0.2, 0) is 0 Å². The number of benzene rings is 2. The molecule has 0 aromatic heterocycles. The molecule has 0 saturated carbocycles. The van der Waals surface area contributed by atoms with Gasteiger partial charge in [0, 0.05) is 0 Å². The Balaban J connectivity index is 1.58. The monoisotopic (exact) mass is 349 g/mol. The van der Waals surface area contributed by atoms with Crippen LogP contribution < -0.4 is 0 Å². The van der Waals surface area contributed by atoms with Crippen LogP contribution in [-0.4, -0.2) is 18.0 Å². The molecule has 140 valence electrons. The summed E-state index contributed by atoms with van der Waals surface area (Å²) in [5, 5.41) is 0. The molecule has 1 fully saturated rings. The lowest BCUT2D eigenvalue weighted by molar-refractivity contribution is 0.145. The minimum atomic E-state index is 0.405. The molecule has 0 radical (unpaired) electrons. The highest BCUT2D eigenvalue weighted by molar-refractivity contribution is 5.31. The number of hydrogen-bond donors (Lipinski definition) is 0.